The van der Waals surface area contributed by atoms with Gasteiger partial charge in [0.2, 0.25) is 5.95 Å². The van der Waals surface area contributed by atoms with Gasteiger partial charge < -0.3 is 5.32 Å². The summed E-state index contributed by atoms with van der Waals surface area (Å²) >= 11 is 1.87. The van der Waals surface area contributed by atoms with Gasteiger partial charge in [0.1, 0.15) is 0 Å². The lowest BCUT2D eigenvalue weighted by Crippen LogP contribution is -2.11. The van der Waals surface area contributed by atoms with Crippen LogP contribution in [0.2, 0.25) is 0 Å². The van der Waals surface area contributed by atoms with E-state index in [1.165, 1.54) is 0 Å². The van der Waals surface area contributed by atoms with Crippen molar-refractivity contribution >= 4 is 17.7 Å². The number of hydrogen-bond donors (Lipinski definition) is 1. The molecule has 5 heteroatoms. The second kappa shape index (κ2) is 5.90. The minimum atomic E-state index is 0.631. The van der Waals surface area contributed by atoms with Crippen LogP contribution < -0.4 is 5.32 Å². The first kappa shape index (κ1) is 12.2. The molecule has 1 N–H and O–H groups in total. The molecule has 0 bridgehead atoms. The van der Waals surface area contributed by atoms with Gasteiger partial charge in [-0.05, 0) is 26.5 Å². The van der Waals surface area contributed by atoms with E-state index < -0.39 is 0 Å². The molecule has 0 saturated heterocycles. The van der Waals surface area contributed by atoms with E-state index in [1.54, 1.807) is 0 Å². The average molecular weight is 226 g/mol. The Morgan fingerprint density at radius 1 is 1.27 bits per heavy atom. The number of aryl methyl sites for hydroxylation is 2. The molecule has 1 unspecified atom stereocenters. The van der Waals surface area contributed by atoms with Crippen LogP contribution in [0.15, 0.2) is 0 Å². The number of nitrogens with zero attached hydrogens (tertiary/aromatic N) is 3. The van der Waals surface area contributed by atoms with Gasteiger partial charge in [-0.3, -0.25) is 0 Å². The highest BCUT2D eigenvalue weighted by Crippen LogP contribution is 2.09. The first-order chi connectivity index (χ1) is 7.13. The maximum atomic E-state index is 4.30. The molecule has 1 aromatic heterocycles. The second-order valence-corrected chi connectivity index (χ2v) is 4.84. The third-order valence-corrected chi connectivity index (χ3v) is 3.37. The molecular weight excluding hydrogens is 208 g/mol. The molecule has 1 atom stereocenters. The zero-order chi connectivity index (χ0) is 11.3. The van der Waals surface area contributed by atoms with E-state index in [-0.39, 0.29) is 0 Å². The molecule has 0 aliphatic rings. The van der Waals surface area contributed by atoms with E-state index in [9.17, 15) is 0 Å². The van der Waals surface area contributed by atoms with Crippen LogP contribution in [0.3, 0.4) is 0 Å². The molecule has 0 aliphatic heterocycles. The monoisotopic (exact) mass is 226 g/mol. The van der Waals surface area contributed by atoms with Crippen molar-refractivity contribution in [2.24, 2.45) is 0 Å². The van der Waals surface area contributed by atoms with Crippen LogP contribution in [0.4, 0.5) is 5.95 Å². The molecule has 1 heterocycles. The predicted molar refractivity (Wildman–Crippen MR) is 65.4 cm³/mol. The molecular formula is C10H18N4S. The molecule has 0 amide bonds. The summed E-state index contributed by atoms with van der Waals surface area (Å²) in [6.07, 6.45) is 3.23. The number of aromatic nitrogens is 3. The Labute approximate surface area is 95.3 Å². The summed E-state index contributed by atoms with van der Waals surface area (Å²) in [4.78, 5) is 4.30. The fourth-order valence-electron chi connectivity index (χ4n) is 1.04. The molecule has 1 rings (SSSR count). The summed E-state index contributed by atoms with van der Waals surface area (Å²) in [5.41, 5.74) is 1.82. The van der Waals surface area contributed by atoms with Crippen LogP contribution >= 0.6 is 11.8 Å². The topological polar surface area (TPSA) is 50.7 Å². The lowest BCUT2D eigenvalue weighted by Gasteiger charge is -2.09. The maximum Gasteiger partial charge on any atom is 0.242 e. The van der Waals surface area contributed by atoms with Crippen LogP contribution in [0.1, 0.15) is 24.7 Å². The molecule has 0 spiro atoms. The van der Waals surface area contributed by atoms with Crippen LogP contribution in [-0.2, 0) is 0 Å². The van der Waals surface area contributed by atoms with Crippen molar-refractivity contribution in [1.82, 2.24) is 15.2 Å². The zero-order valence-electron chi connectivity index (χ0n) is 9.74. The molecule has 15 heavy (non-hydrogen) atoms. The molecule has 4 nitrogen and oxygen atoms in total. The Hall–Kier alpha value is -0.840. The van der Waals surface area contributed by atoms with Crippen LogP contribution in [0.5, 0.6) is 0 Å². The highest BCUT2D eigenvalue weighted by molar-refractivity contribution is 7.99. The molecule has 0 saturated carbocycles. The standard InChI is InChI=1S/C10H18N4S/c1-7(15-4)5-6-11-10-12-8(2)9(3)13-14-10/h7H,5-6H2,1-4H3,(H,11,12,14). The van der Waals surface area contributed by atoms with E-state index >= 15 is 0 Å². The van der Waals surface area contributed by atoms with Crippen LogP contribution in [0.25, 0.3) is 0 Å². The summed E-state index contributed by atoms with van der Waals surface area (Å²) < 4.78 is 0. The van der Waals surface area contributed by atoms with E-state index in [0.29, 0.717) is 11.2 Å². The van der Waals surface area contributed by atoms with Crippen molar-refractivity contribution in [2.75, 3.05) is 18.1 Å². The summed E-state index contributed by atoms with van der Waals surface area (Å²) in [5, 5.41) is 11.8. The minimum absolute atomic E-state index is 0.631. The van der Waals surface area contributed by atoms with Gasteiger partial charge in [-0.2, -0.15) is 16.9 Å². The van der Waals surface area contributed by atoms with E-state index in [4.69, 9.17) is 0 Å². The van der Waals surface area contributed by atoms with Gasteiger partial charge >= 0.3 is 0 Å². The van der Waals surface area contributed by atoms with Crippen molar-refractivity contribution in [3.05, 3.63) is 11.4 Å². The van der Waals surface area contributed by atoms with Crippen molar-refractivity contribution in [1.29, 1.82) is 0 Å². The van der Waals surface area contributed by atoms with Gasteiger partial charge in [-0.15, -0.1) is 5.10 Å². The molecule has 0 fully saturated rings. The first-order valence-corrected chi connectivity index (χ1v) is 6.37. The molecule has 84 valence electrons. The SMILES string of the molecule is CSC(C)CCNc1nnc(C)c(C)n1. The van der Waals surface area contributed by atoms with Crippen molar-refractivity contribution < 1.29 is 0 Å². The van der Waals surface area contributed by atoms with E-state index in [1.807, 2.05) is 25.6 Å². The van der Waals surface area contributed by atoms with E-state index in [0.717, 1.165) is 24.4 Å². The van der Waals surface area contributed by atoms with Gasteiger partial charge in [-0.1, -0.05) is 6.92 Å². The van der Waals surface area contributed by atoms with Gasteiger partial charge in [0.05, 0.1) is 11.4 Å². The van der Waals surface area contributed by atoms with Crippen LogP contribution in [0, 0.1) is 13.8 Å². The number of hydrogen-bond acceptors (Lipinski definition) is 5. The molecule has 0 radical (unpaired) electrons. The first-order valence-electron chi connectivity index (χ1n) is 5.08. The Balaban J connectivity index is 2.41. The van der Waals surface area contributed by atoms with Gasteiger partial charge in [0, 0.05) is 11.8 Å². The Bertz CT molecular complexity index is 316. The average Bonchev–Trinajstić information content (AvgIpc) is 2.23. The van der Waals surface area contributed by atoms with Crippen molar-refractivity contribution in [2.45, 2.75) is 32.4 Å². The quantitative estimate of drug-likeness (QED) is 0.832. The fourth-order valence-corrected chi connectivity index (χ4v) is 1.39. The fraction of sp³-hybridized carbons (Fsp3) is 0.700. The largest absolute Gasteiger partial charge is 0.353 e. The lowest BCUT2D eigenvalue weighted by molar-refractivity contribution is 0.825. The summed E-state index contributed by atoms with van der Waals surface area (Å²) in [6, 6.07) is 0. The maximum absolute atomic E-state index is 4.30. The number of thioether (sulfide) groups is 1. The Morgan fingerprint density at radius 3 is 2.60 bits per heavy atom. The normalized spacial score (nSPS) is 12.5. The van der Waals surface area contributed by atoms with Gasteiger partial charge in [-0.25, -0.2) is 4.98 Å². The third-order valence-electron chi connectivity index (χ3n) is 2.33. The Morgan fingerprint density at radius 2 is 2.00 bits per heavy atom. The van der Waals surface area contributed by atoms with Gasteiger partial charge in [0.15, 0.2) is 0 Å². The number of nitrogens with one attached hydrogen (secondary N) is 1. The number of rotatable bonds is 5. The second-order valence-electron chi connectivity index (χ2n) is 3.57. The summed E-state index contributed by atoms with van der Waals surface area (Å²) in [7, 11) is 0. The lowest BCUT2D eigenvalue weighted by atomic mass is 10.3. The van der Waals surface area contributed by atoms with Gasteiger partial charge in [0.25, 0.3) is 0 Å². The minimum Gasteiger partial charge on any atom is -0.353 e. The highest BCUT2D eigenvalue weighted by Gasteiger charge is 2.02. The highest BCUT2D eigenvalue weighted by atomic mass is 32.2. The van der Waals surface area contributed by atoms with E-state index in [2.05, 4.69) is 33.7 Å². The smallest absolute Gasteiger partial charge is 0.242 e. The zero-order valence-corrected chi connectivity index (χ0v) is 10.6. The molecule has 0 aromatic carbocycles. The molecule has 1 aromatic rings. The predicted octanol–water partition coefficient (Wildman–Crippen LogP) is 2.04. The number of anilines is 1. The summed E-state index contributed by atoms with van der Waals surface area (Å²) in [6.45, 7) is 6.96. The van der Waals surface area contributed by atoms with Crippen LogP contribution in [-0.4, -0.2) is 33.2 Å². The third kappa shape index (κ3) is 4.03. The van der Waals surface area contributed by atoms with Crippen molar-refractivity contribution in [3.8, 4) is 0 Å². The summed E-state index contributed by atoms with van der Waals surface area (Å²) in [5.74, 6) is 0.631. The van der Waals surface area contributed by atoms with Crippen molar-refractivity contribution in [3.63, 3.8) is 0 Å². The molecule has 0 aliphatic carbocycles. The Kier molecular flexibility index (Phi) is 4.81.